The number of aliphatic hydroxyl groups excluding tert-OH is 1. The van der Waals surface area contributed by atoms with Crippen LogP contribution in [0.4, 0.5) is 0 Å². The Morgan fingerprint density at radius 2 is 0.900 bits per heavy atom. The Bertz CT molecular complexity index is 171. The highest BCUT2D eigenvalue weighted by atomic mass is 28.1. The van der Waals surface area contributed by atoms with Gasteiger partial charge in [0, 0.05) is 16.0 Å². The monoisotopic (exact) mass is 300 g/mol. The van der Waals surface area contributed by atoms with E-state index in [1.165, 1.54) is 96.3 Å². The lowest BCUT2D eigenvalue weighted by atomic mass is 10.0. The Kier molecular flexibility index (Phi) is 17.4. The van der Waals surface area contributed by atoms with E-state index in [0.717, 1.165) is 16.7 Å². The molecule has 0 saturated heterocycles. The lowest BCUT2D eigenvalue weighted by Gasteiger charge is -2.04. The molecule has 0 aliphatic rings. The fraction of sp³-hybridized carbons (Fsp3) is 1.00. The molecule has 1 nitrogen and oxygen atoms in total. The van der Waals surface area contributed by atoms with Crippen LogP contribution in [-0.4, -0.2) is 21.1 Å². The molecule has 0 bridgehead atoms. The van der Waals surface area contributed by atoms with Crippen LogP contribution in [-0.2, 0) is 0 Å². The van der Waals surface area contributed by atoms with Gasteiger partial charge in [-0.3, -0.25) is 0 Å². The zero-order valence-electron chi connectivity index (χ0n) is 14.3. The molecule has 20 heavy (non-hydrogen) atoms. The van der Waals surface area contributed by atoms with E-state index in [0.29, 0.717) is 0 Å². The Hall–Kier alpha value is 0.177. The second kappa shape index (κ2) is 17.2. The van der Waals surface area contributed by atoms with Crippen LogP contribution < -0.4 is 0 Å². The Labute approximate surface area is 131 Å². The first-order chi connectivity index (χ1) is 9.77. The summed E-state index contributed by atoms with van der Waals surface area (Å²) in [5, 5.41) is 9.22. The minimum atomic E-state index is 0.0389. The molecule has 0 heterocycles. The van der Waals surface area contributed by atoms with Gasteiger partial charge in [-0.2, -0.15) is 0 Å². The van der Waals surface area contributed by atoms with E-state index in [1.807, 2.05) is 0 Å². The van der Waals surface area contributed by atoms with E-state index in [9.17, 15) is 5.11 Å². The minimum absolute atomic E-state index is 0.0389. The van der Waals surface area contributed by atoms with Gasteiger partial charge in [0.15, 0.2) is 0 Å². The first kappa shape index (κ1) is 20.2. The highest BCUT2D eigenvalue weighted by molar-refractivity contribution is 6.10. The molecule has 1 unspecified atom stereocenters. The summed E-state index contributed by atoms with van der Waals surface area (Å²) >= 11 is 0. The lowest BCUT2D eigenvalue weighted by molar-refractivity contribution is 0.239. The molecular weight excluding hydrogens is 260 g/mol. The maximum absolute atomic E-state index is 9.22. The van der Waals surface area contributed by atoms with E-state index in [2.05, 4.69) is 6.92 Å². The number of hydrogen-bond donors (Lipinski definition) is 1. The topological polar surface area (TPSA) is 20.2 Å². The highest BCUT2D eigenvalue weighted by Crippen LogP contribution is 2.13. The van der Waals surface area contributed by atoms with E-state index < -0.39 is 0 Å². The zero-order chi connectivity index (χ0) is 14.9. The number of unbranched alkanes of at least 4 members (excludes halogenated alkanes) is 14. The number of rotatable bonds is 16. The molecule has 0 aromatic rings. The van der Waals surface area contributed by atoms with Crippen molar-refractivity contribution in [2.24, 2.45) is 0 Å². The van der Waals surface area contributed by atoms with Crippen LogP contribution >= 0.6 is 0 Å². The van der Waals surface area contributed by atoms with Crippen LogP contribution in [0, 0.1) is 0 Å². The zero-order valence-corrected chi connectivity index (χ0v) is 16.3. The lowest BCUT2D eigenvalue weighted by Crippen LogP contribution is -2.04. The first-order valence-electron chi connectivity index (χ1n) is 9.45. The summed E-state index contributed by atoms with van der Waals surface area (Å²) in [6.07, 6.45) is 22.3. The van der Waals surface area contributed by atoms with Crippen LogP contribution in [0.5, 0.6) is 0 Å². The SMILES string of the molecule is CCCCCCCCCCCCCCCCCC(O)[SiH3]. The van der Waals surface area contributed by atoms with Gasteiger partial charge >= 0.3 is 0 Å². The molecule has 0 aliphatic heterocycles. The van der Waals surface area contributed by atoms with Crippen LogP contribution in [0.1, 0.15) is 110 Å². The summed E-state index contributed by atoms with van der Waals surface area (Å²) in [5.41, 5.74) is 0.0389. The van der Waals surface area contributed by atoms with Crippen molar-refractivity contribution in [3.05, 3.63) is 0 Å². The second-order valence-corrected chi connectivity index (χ2v) is 7.92. The minimum Gasteiger partial charge on any atom is -0.398 e. The van der Waals surface area contributed by atoms with Crippen molar-refractivity contribution in [1.29, 1.82) is 0 Å². The van der Waals surface area contributed by atoms with Gasteiger partial charge in [0.25, 0.3) is 0 Å². The van der Waals surface area contributed by atoms with Gasteiger partial charge in [-0.05, 0) is 6.42 Å². The molecule has 122 valence electrons. The van der Waals surface area contributed by atoms with E-state index in [4.69, 9.17) is 0 Å². The first-order valence-corrected chi connectivity index (χ1v) is 10.6. The van der Waals surface area contributed by atoms with E-state index in [-0.39, 0.29) is 5.73 Å². The Morgan fingerprint density at radius 1 is 0.600 bits per heavy atom. The molecule has 1 atom stereocenters. The number of hydrogen-bond acceptors (Lipinski definition) is 1. The summed E-state index contributed by atoms with van der Waals surface area (Å²) in [4.78, 5) is 0. The fourth-order valence-electron chi connectivity index (χ4n) is 2.81. The fourth-order valence-corrected chi connectivity index (χ4v) is 3.22. The summed E-state index contributed by atoms with van der Waals surface area (Å²) in [6, 6.07) is 0. The van der Waals surface area contributed by atoms with Crippen molar-refractivity contribution < 1.29 is 5.11 Å². The molecule has 0 amide bonds. The van der Waals surface area contributed by atoms with E-state index >= 15 is 0 Å². The predicted molar refractivity (Wildman–Crippen MR) is 95.5 cm³/mol. The van der Waals surface area contributed by atoms with Crippen molar-refractivity contribution >= 4 is 10.2 Å². The summed E-state index contributed by atoms with van der Waals surface area (Å²) in [7, 11) is 0.946. The van der Waals surface area contributed by atoms with E-state index in [1.54, 1.807) is 0 Å². The van der Waals surface area contributed by atoms with Gasteiger partial charge < -0.3 is 5.11 Å². The average molecular weight is 301 g/mol. The molecule has 0 aliphatic carbocycles. The third kappa shape index (κ3) is 18.2. The molecule has 2 heteroatoms. The van der Waals surface area contributed by atoms with Gasteiger partial charge in [0.1, 0.15) is 0 Å². The maximum Gasteiger partial charge on any atom is 0.0389 e. The van der Waals surface area contributed by atoms with Crippen molar-refractivity contribution in [2.75, 3.05) is 0 Å². The molecular formula is C18H40OSi. The third-order valence-corrected chi connectivity index (χ3v) is 4.80. The number of aliphatic hydroxyl groups is 1. The van der Waals surface area contributed by atoms with Crippen LogP contribution in [0.15, 0.2) is 0 Å². The van der Waals surface area contributed by atoms with Crippen molar-refractivity contribution in [3.63, 3.8) is 0 Å². The molecule has 0 aromatic heterocycles. The van der Waals surface area contributed by atoms with Gasteiger partial charge in [0.2, 0.25) is 0 Å². The van der Waals surface area contributed by atoms with Gasteiger partial charge in [-0.15, -0.1) is 0 Å². The standard InChI is InChI=1S/C18H40OSi/c1-2-3-4-5-6-7-8-9-10-11-12-13-14-15-16-17-18(19)20/h18-19H,2-17H2,1,20H3. The van der Waals surface area contributed by atoms with Crippen molar-refractivity contribution in [3.8, 4) is 0 Å². The molecule has 0 radical (unpaired) electrons. The largest absolute Gasteiger partial charge is 0.398 e. The van der Waals surface area contributed by atoms with Crippen molar-refractivity contribution in [2.45, 2.75) is 115 Å². The molecule has 0 fully saturated rings. The van der Waals surface area contributed by atoms with Gasteiger partial charge in [-0.25, -0.2) is 0 Å². The second-order valence-electron chi connectivity index (χ2n) is 6.59. The molecule has 0 rings (SSSR count). The Morgan fingerprint density at radius 3 is 1.20 bits per heavy atom. The van der Waals surface area contributed by atoms with Crippen LogP contribution in [0.2, 0.25) is 0 Å². The predicted octanol–water partition coefficient (Wildman–Crippen LogP) is 4.93. The molecule has 0 aromatic carbocycles. The Balaban J connectivity index is 2.92. The van der Waals surface area contributed by atoms with Crippen LogP contribution in [0.25, 0.3) is 0 Å². The molecule has 0 spiro atoms. The summed E-state index contributed by atoms with van der Waals surface area (Å²) < 4.78 is 0. The van der Waals surface area contributed by atoms with Crippen LogP contribution in [0.3, 0.4) is 0 Å². The third-order valence-electron chi connectivity index (χ3n) is 4.23. The summed E-state index contributed by atoms with van der Waals surface area (Å²) in [6.45, 7) is 2.29. The van der Waals surface area contributed by atoms with Gasteiger partial charge in [0.05, 0.1) is 0 Å². The molecule has 0 saturated carbocycles. The highest BCUT2D eigenvalue weighted by Gasteiger charge is 1.96. The van der Waals surface area contributed by atoms with Crippen molar-refractivity contribution in [1.82, 2.24) is 0 Å². The quantitative estimate of drug-likeness (QED) is 0.316. The van der Waals surface area contributed by atoms with Gasteiger partial charge in [-0.1, -0.05) is 103 Å². The summed E-state index contributed by atoms with van der Waals surface area (Å²) in [5.74, 6) is 0. The maximum atomic E-state index is 9.22. The normalized spacial score (nSPS) is 12.9. The average Bonchev–Trinajstić information content (AvgIpc) is 2.43. The smallest absolute Gasteiger partial charge is 0.0389 e. The molecule has 1 N–H and O–H groups in total.